The van der Waals surface area contributed by atoms with Crippen LogP contribution in [-0.2, 0) is 12.7 Å². The highest BCUT2D eigenvalue weighted by atomic mass is 19.4. The van der Waals surface area contributed by atoms with E-state index >= 15 is 0 Å². The summed E-state index contributed by atoms with van der Waals surface area (Å²) in [5, 5.41) is 5.82. The van der Waals surface area contributed by atoms with E-state index in [0.29, 0.717) is 31.5 Å². The SMILES string of the molecule is O=C1NCc2cccc(C(F)(F)F)c2N1C1CCNCC1. The molecule has 1 fully saturated rings. The number of rotatable bonds is 1. The molecular formula is C14H16F3N3O. The van der Waals surface area contributed by atoms with Crippen LogP contribution in [0, 0.1) is 0 Å². The molecule has 2 amide bonds. The first-order valence-corrected chi connectivity index (χ1v) is 6.95. The lowest BCUT2D eigenvalue weighted by molar-refractivity contribution is -0.137. The van der Waals surface area contributed by atoms with Gasteiger partial charge < -0.3 is 10.6 Å². The first-order chi connectivity index (χ1) is 9.98. The number of para-hydroxylation sites is 1. The Balaban J connectivity index is 2.09. The maximum absolute atomic E-state index is 13.3. The third kappa shape index (κ3) is 2.57. The first kappa shape index (κ1) is 14.2. The van der Waals surface area contributed by atoms with Gasteiger partial charge >= 0.3 is 12.2 Å². The smallest absolute Gasteiger partial charge is 0.334 e. The Morgan fingerprint density at radius 3 is 2.57 bits per heavy atom. The van der Waals surface area contributed by atoms with Crippen molar-refractivity contribution in [2.45, 2.75) is 31.6 Å². The van der Waals surface area contributed by atoms with E-state index in [9.17, 15) is 18.0 Å². The van der Waals surface area contributed by atoms with Crippen molar-refractivity contribution in [1.29, 1.82) is 0 Å². The Bertz CT molecular complexity index is 553. The summed E-state index contributed by atoms with van der Waals surface area (Å²) in [6, 6.07) is 3.43. The van der Waals surface area contributed by atoms with Crippen molar-refractivity contribution in [2.75, 3.05) is 18.0 Å². The molecule has 1 aromatic rings. The molecule has 0 atom stereocenters. The molecule has 1 saturated heterocycles. The second-order valence-corrected chi connectivity index (χ2v) is 5.32. The molecule has 0 saturated carbocycles. The normalized spacial score (nSPS) is 20.1. The fourth-order valence-electron chi connectivity index (χ4n) is 3.02. The highest BCUT2D eigenvalue weighted by Crippen LogP contribution is 2.41. The number of carbonyl (C=O) groups excluding carboxylic acids is 1. The van der Waals surface area contributed by atoms with Gasteiger partial charge in [0.1, 0.15) is 0 Å². The van der Waals surface area contributed by atoms with Crippen molar-refractivity contribution in [3.8, 4) is 0 Å². The summed E-state index contributed by atoms with van der Waals surface area (Å²) in [6.45, 7) is 1.55. The first-order valence-electron chi connectivity index (χ1n) is 6.95. The third-order valence-corrected chi connectivity index (χ3v) is 3.99. The Hall–Kier alpha value is -1.76. The van der Waals surface area contributed by atoms with Gasteiger partial charge in [-0.3, -0.25) is 4.90 Å². The van der Waals surface area contributed by atoms with Gasteiger partial charge in [-0.1, -0.05) is 12.1 Å². The number of anilines is 1. The lowest BCUT2D eigenvalue weighted by Crippen LogP contribution is -2.53. The topological polar surface area (TPSA) is 44.4 Å². The molecule has 21 heavy (non-hydrogen) atoms. The average Bonchev–Trinajstić information content (AvgIpc) is 2.46. The van der Waals surface area contributed by atoms with Crippen LogP contribution in [0.15, 0.2) is 18.2 Å². The predicted molar refractivity (Wildman–Crippen MR) is 72.1 cm³/mol. The molecule has 2 N–H and O–H groups in total. The highest BCUT2D eigenvalue weighted by Gasteiger charge is 2.41. The summed E-state index contributed by atoms with van der Waals surface area (Å²) < 4.78 is 39.8. The lowest BCUT2D eigenvalue weighted by atomic mass is 9.98. The summed E-state index contributed by atoms with van der Waals surface area (Å²) in [7, 11) is 0. The van der Waals surface area contributed by atoms with Crippen LogP contribution in [0.5, 0.6) is 0 Å². The van der Waals surface area contributed by atoms with Crippen molar-refractivity contribution < 1.29 is 18.0 Å². The summed E-state index contributed by atoms with van der Waals surface area (Å²) in [5.41, 5.74) is -0.183. The second-order valence-electron chi connectivity index (χ2n) is 5.32. The number of halogens is 3. The summed E-state index contributed by atoms with van der Waals surface area (Å²) in [6.07, 6.45) is -3.16. The molecular weight excluding hydrogens is 283 g/mol. The number of amides is 2. The quantitative estimate of drug-likeness (QED) is 0.837. The van der Waals surface area contributed by atoms with E-state index < -0.39 is 17.8 Å². The van der Waals surface area contributed by atoms with Gasteiger partial charge in [0, 0.05) is 12.6 Å². The highest BCUT2D eigenvalue weighted by molar-refractivity contribution is 5.96. The predicted octanol–water partition coefficient (Wildman–Crippen LogP) is 2.49. The number of nitrogens with zero attached hydrogens (tertiary/aromatic N) is 1. The van der Waals surface area contributed by atoms with Crippen molar-refractivity contribution in [3.63, 3.8) is 0 Å². The summed E-state index contributed by atoms with van der Waals surface area (Å²) in [5.74, 6) is 0. The van der Waals surface area contributed by atoms with Gasteiger partial charge in [-0.15, -0.1) is 0 Å². The van der Waals surface area contributed by atoms with Gasteiger partial charge in [-0.05, 0) is 37.6 Å². The van der Waals surface area contributed by atoms with Crippen molar-refractivity contribution in [3.05, 3.63) is 29.3 Å². The standard InChI is InChI=1S/C14H16F3N3O/c15-14(16,17)11-3-1-2-9-8-19-13(21)20(12(9)11)10-4-6-18-7-5-10/h1-3,10,18H,4-8H2,(H,19,21). The molecule has 0 aromatic heterocycles. The van der Waals surface area contributed by atoms with E-state index in [1.807, 2.05) is 0 Å². The lowest BCUT2D eigenvalue weighted by Gasteiger charge is -2.39. The second kappa shape index (κ2) is 5.22. The fraction of sp³-hybridized carbons (Fsp3) is 0.500. The van der Waals surface area contributed by atoms with Crippen LogP contribution < -0.4 is 15.5 Å². The number of hydrogen-bond donors (Lipinski definition) is 2. The van der Waals surface area contributed by atoms with Gasteiger partial charge in [-0.25, -0.2) is 4.79 Å². The van der Waals surface area contributed by atoms with Crippen LogP contribution in [0.25, 0.3) is 0 Å². The Morgan fingerprint density at radius 1 is 1.19 bits per heavy atom. The van der Waals surface area contributed by atoms with E-state index in [4.69, 9.17) is 0 Å². The van der Waals surface area contributed by atoms with Crippen LogP contribution in [0.1, 0.15) is 24.0 Å². The number of nitrogens with one attached hydrogen (secondary N) is 2. The van der Waals surface area contributed by atoms with Crippen LogP contribution in [0.3, 0.4) is 0 Å². The number of carbonyl (C=O) groups is 1. The maximum atomic E-state index is 13.3. The number of hydrogen-bond acceptors (Lipinski definition) is 2. The molecule has 0 radical (unpaired) electrons. The molecule has 0 bridgehead atoms. The van der Waals surface area contributed by atoms with Crippen LogP contribution >= 0.6 is 0 Å². The van der Waals surface area contributed by atoms with Crippen LogP contribution in [-0.4, -0.2) is 25.2 Å². The molecule has 0 unspecified atom stereocenters. The van der Waals surface area contributed by atoms with Gasteiger partial charge in [-0.2, -0.15) is 13.2 Å². The molecule has 1 aromatic carbocycles. The van der Waals surface area contributed by atoms with Crippen LogP contribution in [0.4, 0.5) is 23.7 Å². The fourth-order valence-corrected chi connectivity index (χ4v) is 3.02. The number of piperidine rings is 1. The largest absolute Gasteiger partial charge is 0.418 e. The summed E-state index contributed by atoms with van der Waals surface area (Å²) in [4.78, 5) is 13.5. The Morgan fingerprint density at radius 2 is 1.90 bits per heavy atom. The molecule has 0 aliphatic carbocycles. The van der Waals surface area contributed by atoms with E-state index in [2.05, 4.69) is 10.6 Å². The van der Waals surface area contributed by atoms with E-state index in [1.54, 1.807) is 6.07 Å². The number of alkyl halides is 3. The van der Waals surface area contributed by atoms with Gasteiger partial charge in [0.25, 0.3) is 0 Å². The number of benzene rings is 1. The van der Waals surface area contributed by atoms with Gasteiger partial charge in [0.05, 0.1) is 11.3 Å². The zero-order valence-electron chi connectivity index (χ0n) is 11.3. The molecule has 3 rings (SSSR count). The Labute approximate surface area is 120 Å². The molecule has 2 aliphatic rings. The minimum Gasteiger partial charge on any atom is -0.334 e. The van der Waals surface area contributed by atoms with Crippen molar-refractivity contribution >= 4 is 11.7 Å². The minimum atomic E-state index is -4.46. The maximum Gasteiger partial charge on any atom is 0.418 e. The zero-order chi connectivity index (χ0) is 15.0. The van der Waals surface area contributed by atoms with E-state index in [1.165, 1.54) is 11.0 Å². The average molecular weight is 299 g/mol. The molecule has 7 heteroatoms. The monoisotopic (exact) mass is 299 g/mol. The summed E-state index contributed by atoms with van der Waals surface area (Å²) >= 11 is 0. The number of fused-ring (bicyclic) bond motifs is 1. The molecule has 114 valence electrons. The molecule has 2 heterocycles. The molecule has 2 aliphatic heterocycles. The van der Waals surface area contributed by atoms with Crippen molar-refractivity contribution in [2.24, 2.45) is 0 Å². The third-order valence-electron chi connectivity index (χ3n) is 3.99. The molecule has 4 nitrogen and oxygen atoms in total. The Kier molecular flexibility index (Phi) is 3.52. The van der Waals surface area contributed by atoms with Gasteiger partial charge in [0.2, 0.25) is 0 Å². The molecule has 0 spiro atoms. The minimum absolute atomic E-state index is 0.0284. The number of urea groups is 1. The van der Waals surface area contributed by atoms with Crippen LogP contribution in [0.2, 0.25) is 0 Å². The van der Waals surface area contributed by atoms with E-state index in [0.717, 1.165) is 6.07 Å². The van der Waals surface area contributed by atoms with E-state index in [-0.39, 0.29) is 18.3 Å². The van der Waals surface area contributed by atoms with Crippen molar-refractivity contribution in [1.82, 2.24) is 10.6 Å². The van der Waals surface area contributed by atoms with Gasteiger partial charge in [0.15, 0.2) is 0 Å². The zero-order valence-corrected chi connectivity index (χ0v) is 11.3.